The predicted molar refractivity (Wildman–Crippen MR) is 218 cm³/mol. The molecule has 0 rings (SSSR count). The zero-order valence-corrected chi connectivity index (χ0v) is 38.3. The molecule has 0 aliphatic carbocycles. The standard InChI is InChI=1S/C38H66Cl4O16/c1-27(9-14-50-33(39)43)48-18-13-37(7,8)58-26-38(23-47-19-20-49-28(2)10-15-51-34(40)44,24-56-31(5)21-54-29(3)11-16-52-35(41)45)25-57-32(6)22-55-30(4)12-17-53-36(42)46/h27-32H,9-26H2,1-8H3. The maximum absolute atomic E-state index is 10.9. The summed E-state index contributed by atoms with van der Waals surface area (Å²) in [7, 11) is 0. The van der Waals surface area contributed by atoms with E-state index in [1.165, 1.54) is 0 Å². The van der Waals surface area contributed by atoms with Gasteiger partial charge in [0, 0.05) is 78.7 Å². The zero-order chi connectivity index (χ0) is 44.0. The molecule has 0 aromatic rings. The minimum absolute atomic E-state index is 0.127. The highest BCUT2D eigenvalue weighted by Crippen LogP contribution is 2.27. The second-order valence-corrected chi connectivity index (χ2v) is 16.0. The van der Waals surface area contributed by atoms with Crippen LogP contribution in [0.4, 0.5) is 19.2 Å². The number of carbonyl (C=O) groups is 4. The minimum Gasteiger partial charge on any atom is -0.454 e. The summed E-state index contributed by atoms with van der Waals surface area (Å²) in [4.78, 5) is 43.6. The van der Waals surface area contributed by atoms with Crippen LogP contribution < -0.4 is 0 Å². The first kappa shape index (κ1) is 56.7. The van der Waals surface area contributed by atoms with Crippen LogP contribution in [0.5, 0.6) is 0 Å². The molecule has 0 saturated heterocycles. The maximum atomic E-state index is 10.9. The van der Waals surface area contributed by atoms with Gasteiger partial charge in [0.15, 0.2) is 0 Å². The molecule has 20 heteroatoms. The summed E-state index contributed by atoms with van der Waals surface area (Å²) in [6.45, 7) is 17.7. The molecule has 58 heavy (non-hydrogen) atoms. The van der Waals surface area contributed by atoms with E-state index in [0.29, 0.717) is 38.7 Å². The van der Waals surface area contributed by atoms with E-state index < -0.39 is 32.7 Å². The van der Waals surface area contributed by atoms with E-state index in [1.54, 1.807) is 0 Å². The van der Waals surface area contributed by atoms with Gasteiger partial charge in [-0.25, -0.2) is 19.2 Å². The lowest BCUT2D eigenvalue weighted by Crippen LogP contribution is -2.46. The number of ether oxygens (including phenoxy) is 12. The predicted octanol–water partition coefficient (Wildman–Crippen LogP) is 8.67. The van der Waals surface area contributed by atoms with Crippen molar-refractivity contribution >= 4 is 68.1 Å². The Morgan fingerprint density at radius 2 is 0.793 bits per heavy atom. The quantitative estimate of drug-likeness (QED) is 0.0328. The molecule has 342 valence electrons. The lowest BCUT2D eigenvalue weighted by molar-refractivity contribution is -0.167. The topological polar surface area (TPSA) is 179 Å². The Kier molecular flexibility index (Phi) is 32.6. The van der Waals surface area contributed by atoms with Crippen LogP contribution in [0.1, 0.15) is 87.5 Å². The van der Waals surface area contributed by atoms with Crippen molar-refractivity contribution in [3.8, 4) is 0 Å². The van der Waals surface area contributed by atoms with Gasteiger partial charge in [0.25, 0.3) is 0 Å². The molecule has 0 bridgehead atoms. The van der Waals surface area contributed by atoms with Crippen LogP contribution in [0.25, 0.3) is 0 Å². The number of hydrogen-bond acceptors (Lipinski definition) is 16. The number of halogens is 4. The third-order valence-electron chi connectivity index (χ3n) is 8.45. The molecular formula is C38H66Cl4O16. The van der Waals surface area contributed by atoms with Crippen LogP contribution in [0, 0.1) is 5.41 Å². The van der Waals surface area contributed by atoms with E-state index in [-0.39, 0.29) is 116 Å². The molecule has 0 radical (unpaired) electrons. The van der Waals surface area contributed by atoms with E-state index >= 15 is 0 Å². The Bertz CT molecular complexity index is 1080. The summed E-state index contributed by atoms with van der Waals surface area (Å²) in [5.74, 6) is 0. The summed E-state index contributed by atoms with van der Waals surface area (Å²) in [6.07, 6.45) is 0.858. The lowest BCUT2D eigenvalue weighted by Gasteiger charge is -2.38. The molecule has 0 amide bonds. The number of rotatable bonds is 37. The third-order valence-corrected chi connectivity index (χ3v) is 8.89. The largest absolute Gasteiger partial charge is 0.454 e. The van der Waals surface area contributed by atoms with Gasteiger partial charge in [-0.15, -0.1) is 0 Å². The van der Waals surface area contributed by atoms with Gasteiger partial charge < -0.3 is 56.8 Å². The van der Waals surface area contributed by atoms with Gasteiger partial charge >= 0.3 is 21.7 Å². The number of carbonyl (C=O) groups excluding carboxylic acids is 4. The fourth-order valence-corrected chi connectivity index (χ4v) is 4.97. The van der Waals surface area contributed by atoms with Gasteiger partial charge in [-0.1, -0.05) is 0 Å². The van der Waals surface area contributed by atoms with Crippen LogP contribution in [0.3, 0.4) is 0 Å². The highest BCUT2D eigenvalue weighted by Gasteiger charge is 2.36. The molecule has 0 aliphatic heterocycles. The fourth-order valence-electron chi connectivity index (χ4n) is 4.66. The SMILES string of the molecule is CC(CCOC(=O)Cl)OCCOCC(COC(C)COC(C)CCOC(=O)Cl)(COC(C)COC(C)CCOC(=O)Cl)COC(C)(C)CCOC(C)CCOC(=O)Cl. The Morgan fingerprint density at radius 1 is 0.431 bits per heavy atom. The van der Waals surface area contributed by atoms with Crippen LogP contribution in [-0.2, 0) is 56.8 Å². The Labute approximate surface area is 363 Å². The van der Waals surface area contributed by atoms with Gasteiger partial charge in [0.05, 0.1) is 127 Å². The van der Waals surface area contributed by atoms with E-state index in [0.717, 1.165) is 0 Å². The summed E-state index contributed by atoms with van der Waals surface area (Å²) >= 11 is 21.0. The Morgan fingerprint density at radius 3 is 1.17 bits per heavy atom. The smallest absolute Gasteiger partial charge is 0.403 e. The van der Waals surface area contributed by atoms with Gasteiger partial charge in [-0.05, 0) is 61.8 Å². The second-order valence-electron chi connectivity index (χ2n) is 14.7. The third kappa shape index (κ3) is 34.4. The van der Waals surface area contributed by atoms with Gasteiger partial charge in [-0.2, -0.15) is 0 Å². The first-order valence-corrected chi connectivity index (χ1v) is 21.0. The number of hydrogen-bond donors (Lipinski definition) is 0. The van der Waals surface area contributed by atoms with Crippen molar-refractivity contribution in [3.63, 3.8) is 0 Å². The van der Waals surface area contributed by atoms with Gasteiger partial charge in [0.2, 0.25) is 0 Å². The van der Waals surface area contributed by atoms with Gasteiger partial charge in [-0.3, -0.25) is 0 Å². The molecule has 0 aliphatic rings. The van der Waals surface area contributed by atoms with E-state index in [9.17, 15) is 19.2 Å². The van der Waals surface area contributed by atoms with Crippen LogP contribution in [0.2, 0.25) is 0 Å². The fraction of sp³-hybridized carbons (Fsp3) is 0.895. The van der Waals surface area contributed by atoms with E-state index in [2.05, 4.69) is 0 Å². The van der Waals surface area contributed by atoms with Crippen molar-refractivity contribution in [1.82, 2.24) is 0 Å². The molecule has 0 fully saturated rings. The molecule has 6 atom stereocenters. The monoisotopic (exact) mass is 918 g/mol. The van der Waals surface area contributed by atoms with E-state index in [4.69, 9.17) is 103 Å². The molecule has 0 saturated carbocycles. The normalized spacial score (nSPS) is 16.0. The van der Waals surface area contributed by atoms with Crippen molar-refractivity contribution in [2.75, 3.05) is 85.9 Å². The Balaban J connectivity index is 5.86. The molecule has 0 heterocycles. The van der Waals surface area contributed by atoms with Crippen LogP contribution in [0.15, 0.2) is 0 Å². The summed E-state index contributed by atoms with van der Waals surface area (Å²) < 4.78 is 68.4. The van der Waals surface area contributed by atoms with E-state index in [1.807, 2.05) is 55.4 Å². The average Bonchev–Trinajstić information content (AvgIpc) is 3.12. The van der Waals surface area contributed by atoms with Crippen molar-refractivity contribution in [3.05, 3.63) is 0 Å². The average molecular weight is 921 g/mol. The highest BCUT2D eigenvalue weighted by molar-refractivity contribution is 6.61. The summed E-state index contributed by atoms with van der Waals surface area (Å²) in [5, 5.41) is 0. The van der Waals surface area contributed by atoms with Crippen LogP contribution >= 0.6 is 46.4 Å². The first-order valence-electron chi connectivity index (χ1n) is 19.4. The van der Waals surface area contributed by atoms with Crippen molar-refractivity contribution in [2.45, 2.75) is 130 Å². The van der Waals surface area contributed by atoms with Crippen molar-refractivity contribution < 1.29 is 76.0 Å². The molecule has 6 unspecified atom stereocenters. The molecule has 0 aromatic carbocycles. The van der Waals surface area contributed by atoms with Crippen LogP contribution in [-0.4, -0.2) is 150 Å². The van der Waals surface area contributed by atoms with Crippen molar-refractivity contribution in [2.24, 2.45) is 5.41 Å². The Hall–Kier alpha value is -1.28. The minimum atomic E-state index is -0.871. The molecule has 0 aromatic heterocycles. The maximum Gasteiger partial charge on any atom is 0.403 e. The van der Waals surface area contributed by atoms with Crippen molar-refractivity contribution in [1.29, 1.82) is 0 Å². The molecular weight excluding hydrogens is 854 g/mol. The molecule has 16 nitrogen and oxygen atoms in total. The lowest BCUT2D eigenvalue weighted by atomic mass is 9.91. The second kappa shape index (κ2) is 33.4. The van der Waals surface area contributed by atoms with Gasteiger partial charge in [0.1, 0.15) is 0 Å². The first-order chi connectivity index (χ1) is 27.2. The summed E-state index contributed by atoms with van der Waals surface area (Å²) in [5.41, 5.74) is -4.95. The highest BCUT2D eigenvalue weighted by atomic mass is 35.5. The molecule has 0 spiro atoms. The summed E-state index contributed by atoms with van der Waals surface area (Å²) in [6, 6.07) is 0. The zero-order valence-electron chi connectivity index (χ0n) is 35.2. The molecule has 0 N–H and O–H groups in total.